The topological polar surface area (TPSA) is 115 Å². The van der Waals surface area contributed by atoms with Gasteiger partial charge >= 0.3 is 0 Å². The molecule has 0 atom stereocenters. The molecule has 0 unspecified atom stereocenters. The van der Waals surface area contributed by atoms with Gasteiger partial charge < -0.3 is 15.1 Å². The third-order valence-electron chi connectivity index (χ3n) is 3.59. The van der Waals surface area contributed by atoms with Gasteiger partial charge in [0, 0.05) is 19.2 Å². The highest BCUT2D eigenvalue weighted by atomic mass is 32.2. The zero-order valence-electron chi connectivity index (χ0n) is 14.6. The second-order valence-electron chi connectivity index (χ2n) is 5.54. The molecule has 0 bridgehead atoms. The van der Waals surface area contributed by atoms with E-state index in [1.165, 1.54) is 11.8 Å². The molecule has 0 aliphatic rings. The van der Waals surface area contributed by atoms with Crippen molar-refractivity contribution in [2.75, 3.05) is 11.1 Å². The molecule has 0 fully saturated rings. The second-order valence-corrected chi connectivity index (χ2v) is 6.60. The zero-order valence-corrected chi connectivity index (χ0v) is 15.4. The Morgan fingerprint density at radius 1 is 1.22 bits per heavy atom. The average molecular weight is 386 g/mol. The van der Waals surface area contributed by atoms with Gasteiger partial charge in [-0.2, -0.15) is 0 Å². The lowest BCUT2D eigenvalue weighted by molar-refractivity contribution is -0.115. The number of hydrogen-bond donors (Lipinski definition) is 2. The Morgan fingerprint density at radius 2 is 2.07 bits per heavy atom. The van der Waals surface area contributed by atoms with Crippen molar-refractivity contribution in [1.82, 2.24) is 25.5 Å². The number of hydrogen-bond acceptors (Lipinski definition) is 7. The number of para-hydroxylation sites is 1. The van der Waals surface area contributed by atoms with Crippen LogP contribution in [0.5, 0.6) is 0 Å². The zero-order chi connectivity index (χ0) is 19.1. The van der Waals surface area contributed by atoms with Crippen LogP contribution in [0.25, 0.3) is 0 Å². The molecule has 10 heteroatoms. The lowest BCUT2D eigenvalue weighted by Crippen LogP contribution is -2.24. The van der Waals surface area contributed by atoms with Crippen molar-refractivity contribution >= 4 is 29.3 Å². The van der Waals surface area contributed by atoms with Crippen molar-refractivity contribution in [2.45, 2.75) is 18.1 Å². The van der Waals surface area contributed by atoms with Gasteiger partial charge in [-0.25, -0.2) is 4.68 Å². The standard InChI is InChI=1S/C17H18N6O3S/c1-23-17(20-21-22-23)27-10-8-15(24)19-14-7-3-2-6-13(14)16(25)18-11-12-5-4-9-26-12/h2-7,9H,8,10-11H2,1H3,(H,18,25)(H,19,24). The van der Waals surface area contributed by atoms with Crippen molar-refractivity contribution in [2.24, 2.45) is 7.05 Å². The van der Waals surface area contributed by atoms with Gasteiger partial charge in [0.2, 0.25) is 11.1 Å². The Labute approximate surface area is 159 Å². The number of carbonyl (C=O) groups is 2. The van der Waals surface area contributed by atoms with E-state index >= 15 is 0 Å². The Bertz CT molecular complexity index is 909. The first-order chi connectivity index (χ1) is 13.1. The van der Waals surface area contributed by atoms with Gasteiger partial charge in [-0.3, -0.25) is 9.59 Å². The van der Waals surface area contributed by atoms with E-state index < -0.39 is 0 Å². The van der Waals surface area contributed by atoms with E-state index in [4.69, 9.17) is 4.42 Å². The molecule has 2 aromatic heterocycles. The second kappa shape index (κ2) is 8.99. The summed E-state index contributed by atoms with van der Waals surface area (Å²) in [5, 5.41) is 17.3. The predicted molar refractivity (Wildman–Crippen MR) is 99.1 cm³/mol. The van der Waals surface area contributed by atoms with Crippen LogP contribution in [-0.4, -0.2) is 37.8 Å². The number of furan rings is 1. The molecule has 2 amide bonds. The normalized spacial score (nSPS) is 10.6. The minimum Gasteiger partial charge on any atom is -0.467 e. The quantitative estimate of drug-likeness (QED) is 0.568. The smallest absolute Gasteiger partial charge is 0.253 e. The Kier molecular flexibility index (Phi) is 6.21. The van der Waals surface area contributed by atoms with E-state index in [-0.39, 0.29) is 24.8 Å². The van der Waals surface area contributed by atoms with E-state index in [0.717, 1.165) is 0 Å². The van der Waals surface area contributed by atoms with Crippen LogP contribution >= 0.6 is 11.8 Å². The highest BCUT2D eigenvalue weighted by Gasteiger charge is 2.14. The summed E-state index contributed by atoms with van der Waals surface area (Å²) in [4.78, 5) is 24.6. The van der Waals surface area contributed by atoms with Gasteiger partial charge in [0.15, 0.2) is 0 Å². The van der Waals surface area contributed by atoms with Crippen LogP contribution in [-0.2, 0) is 18.4 Å². The number of thioether (sulfide) groups is 1. The van der Waals surface area contributed by atoms with Gasteiger partial charge in [-0.05, 0) is 34.7 Å². The summed E-state index contributed by atoms with van der Waals surface area (Å²) in [6, 6.07) is 10.4. The van der Waals surface area contributed by atoms with Crippen molar-refractivity contribution < 1.29 is 14.0 Å². The number of rotatable bonds is 8. The van der Waals surface area contributed by atoms with Gasteiger partial charge in [0.1, 0.15) is 5.76 Å². The number of nitrogens with zero attached hydrogens (tertiary/aromatic N) is 4. The molecular weight excluding hydrogens is 368 g/mol. The first kappa shape index (κ1) is 18.6. The summed E-state index contributed by atoms with van der Waals surface area (Å²) in [7, 11) is 1.74. The van der Waals surface area contributed by atoms with Gasteiger partial charge in [0.05, 0.1) is 24.1 Å². The lowest BCUT2D eigenvalue weighted by atomic mass is 10.1. The van der Waals surface area contributed by atoms with E-state index in [2.05, 4.69) is 26.2 Å². The average Bonchev–Trinajstić information content (AvgIpc) is 3.32. The van der Waals surface area contributed by atoms with E-state index in [1.807, 2.05) is 0 Å². The van der Waals surface area contributed by atoms with Crippen LogP contribution in [0.3, 0.4) is 0 Å². The van der Waals surface area contributed by atoms with Crippen molar-refractivity contribution in [3.8, 4) is 0 Å². The number of tetrazole rings is 1. The summed E-state index contributed by atoms with van der Waals surface area (Å²) in [6.45, 7) is 0.274. The third-order valence-corrected chi connectivity index (χ3v) is 4.60. The van der Waals surface area contributed by atoms with Crippen LogP contribution in [0.15, 0.2) is 52.2 Å². The number of benzene rings is 1. The Hall–Kier alpha value is -3.14. The highest BCUT2D eigenvalue weighted by Crippen LogP contribution is 2.17. The van der Waals surface area contributed by atoms with Crippen LogP contribution in [0, 0.1) is 0 Å². The molecule has 0 aliphatic carbocycles. The van der Waals surface area contributed by atoms with Gasteiger partial charge in [0.25, 0.3) is 5.91 Å². The molecule has 0 saturated carbocycles. The van der Waals surface area contributed by atoms with Gasteiger partial charge in [-0.15, -0.1) is 5.10 Å². The van der Waals surface area contributed by atoms with E-state index in [1.54, 1.807) is 54.4 Å². The maximum Gasteiger partial charge on any atom is 0.253 e. The summed E-state index contributed by atoms with van der Waals surface area (Å²) in [6.07, 6.45) is 1.81. The molecule has 9 nitrogen and oxygen atoms in total. The van der Waals surface area contributed by atoms with E-state index in [0.29, 0.717) is 27.9 Å². The molecule has 1 aromatic carbocycles. The highest BCUT2D eigenvalue weighted by molar-refractivity contribution is 7.99. The maximum absolute atomic E-state index is 12.4. The molecular formula is C17H18N6O3S. The molecule has 0 spiro atoms. The number of aromatic nitrogens is 4. The lowest BCUT2D eigenvalue weighted by Gasteiger charge is -2.11. The number of amides is 2. The van der Waals surface area contributed by atoms with E-state index in [9.17, 15) is 9.59 Å². The molecule has 27 heavy (non-hydrogen) atoms. The van der Waals surface area contributed by atoms with Gasteiger partial charge in [-0.1, -0.05) is 23.9 Å². The molecule has 3 aromatic rings. The number of aryl methyl sites for hydroxylation is 1. The minimum atomic E-state index is -0.290. The number of nitrogens with one attached hydrogen (secondary N) is 2. The molecule has 0 saturated heterocycles. The summed E-state index contributed by atoms with van der Waals surface area (Å²) >= 11 is 1.39. The van der Waals surface area contributed by atoms with Crippen LogP contribution < -0.4 is 10.6 Å². The predicted octanol–water partition coefficient (Wildman–Crippen LogP) is 1.85. The fourth-order valence-corrected chi connectivity index (χ4v) is 3.04. The fraction of sp³-hybridized carbons (Fsp3) is 0.235. The van der Waals surface area contributed by atoms with Crippen LogP contribution in [0.4, 0.5) is 5.69 Å². The molecule has 3 rings (SSSR count). The van der Waals surface area contributed by atoms with Crippen LogP contribution in [0.2, 0.25) is 0 Å². The molecule has 2 N–H and O–H groups in total. The first-order valence-electron chi connectivity index (χ1n) is 8.18. The third kappa shape index (κ3) is 5.17. The summed E-state index contributed by atoms with van der Waals surface area (Å²) < 4.78 is 6.74. The monoisotopic (exact) mass is 386 g/mol. The first-order valence-corrected chi connectivity index (χ1v) is 9.16. The Balaban J connectivity index is 1.54. The number of carbonyl (C=O) groups excluding carboxylic acids is 2. The molecule has 0 radical (unpaired) electrons. The summed E-state index contributed by atoms with van der Waals surface area (Å²) in [5.74, 6) is 0.693. The van der Waals surface area contributed by atoms with Crippen LogP contribution in [0.1, 0.15) is 22.5 Å². The minimum absolute atomic E-state index is 0.191. The molecule has 140 valence electrons. The molecule has 0 aliphatic heterocycles. The SMILES string of the molecule is Cn1nnnc1SCCC(=O)Nc1ccccc1C(=O)NCc1ccco1. The largest absolute Gasteiger partial charge is 0.467 e. The summed E-state index contributed by atoms with van der Waals surface area (Å²) in [5.41, 5.74) is 0.854. The molecule has 2 heterocycles. The van der Waals surface area contributed by atoms with Crippen molar-refractivity contribution in [3.63, 3.8) is 0 Å². The maximum atomic E-state index is 12.4. The van der Waals surface area contributed by atoms with Crippen molar-refractivity contribution in [3.05, 3.63) is 54.0 Å². The number of anilines is 1. The fourth-order valence-electron chi connectivity index (χ4n) is 2.26. The Morgan fingerprint density at radius 3 is 2.81 bits per heavy atom. The van der Waals surface area contributed by atoms with Crippen molar-refractivity contribution in [1.29, 1.82) is 0 Å².